The van der Waals surface area contributed by atoms with Crippen molar-refractivity contribution in [1.29, 1.82) is 0 Å². The Bertz CT molecular complexity index is 214. The molecule has 1 aliphatic carbocycles. The van der Waals surface area contributed by atoms with Gasteiger partial charge in [-0.3, -0.25) is 9.69 Å². The molecule has 3 unspecified atom stereocenters. The molecule has 1 heterocycles. The SMILES string of the molecule is CC(=O)CC(C)N1CC2CCC1C2. The summed E-state index contributed by atoms with van der Waals surface area (Å²) >= 11 is 0. The summed E-state index contributed by atoms with van der Waals surface area (Å²) in [6, 6.07) is 1.28. The molecule has 2 bridgehead atoms. The standard InChI is InChI=1S/C11H19NO/c1-8(5-9(2)13)12-7-10-3-4-11(12)6-10/h8,10-11H,3-7H2,1-2H3. The van der Waals surface area contributed by atoms with Crippen molar-refractivity contribution >= 4 is 5.78 Å². The third-order valence-electron chi connectivity index (χ3n) is 3.60. The predicted molar refractivity (Wildman–Crippen MR) is 52.6 cm³/mol. The monoisotopic (exact) mass is 181 g/mol. The van der Waals surface area contributed by atoms with Crippen molar-refractivity contribution < 1.29 is 4.79 Å². The van der Waals surface area contributed by atoms with E-state index in [1.54, 1.807) is 6.92 Å². The van der Waals surface area contributed by atoms with E-state index in [-0.39, 0.29) is 0 Å². The average Bonchev–Trinajstić information content (AvgIpc) is 2.62. The predicted octanol–water partition coefficient (Wildman–Crippen LogP) is 1.84. The molecule has 0 aromatic carbocycles. The lowest BCUT2D eigenvalue weighted by Crippen LogP contribution is -2.40. The van der Waals surface area contributed by atoms with Gasteiger partial charge in [-0.2, -0.15) is 0 Å². The van der Waals surface area contributed by atoms with Crippen LogP contribution in [0.25, 0.3) is 0 Å². The van der Waals surface area contributed by atoms with Crippen LogP contribution >= 0.6 is 0 Å². The number of Topliss-reactive ketones (excluding diaryl/α,β-unsaturated/α-hetero) is 1. The fourth-order valence-electron chi connectivity index (χ4n) is 3.04. The Morgan fingerprint density at radius 1 is 1.54 bits per heavy atom. The van der Waals surface area contributed by atoms with E-state index in [9.17, 15) is 4.79 Å². The van der Waals surface area contributed by atoms with Gasteiger partial charge in [-0.05, 0) is 39.0 Å². The lowest BCUT2D eigenvalue weighted by molar-refractivity contribution is -0.118. The zero-order valence-corrected chi connectivity index (χ0v) is 8.62. The number of likely N-dealkylation sites (tertiary alicyclic amines) is 1. The van der Waals surface area contributed by atoms with Crippen molar-refractivity contribution in [3.05, 3.63) is 0 Å². The zero-order chi connectivity index (χ0) is 9.42. The first-order chi connectivity index (χ1) is 6.16. The summed E-state index contributed by atoms with van der Waals surface area (Å²) in [5.74, 6) is 1.27. The Kier molecular flexibility index (Phi) is 2.41. The molecular formula is C11H19NO. The maximum absolute atomic E-state index is 11.0. The fourth-order valence-corrected chi connectivity index (χ4v) is 3.04. The minimum atomic E-state index is 0.329. The molecule has 1 saturated heterocycles. The average molecular weight is 181 g/mol. The van der Waals surface area contributed by atoms with Gasteiger partial charge in [0.25, 0.3) is 0 Å². The zero-order valence-electron chi connectivity index (χ0n) is 8.62. The van der Waals surface area contributed by atoms with Crippen LogP contribution in [0.3, 0.4) is 0 Å². The minimum Gasteiger partial charge on any atom is -0.300 e. The van der Waals surface area contributed by atoms with E-state index >= 15 is 0 Å². The number of piperidine rings is 1. The highest BCUT2D eigenvalue weighted by Gasteiger charge is 2.39. The van der Waals surface area contributed by atoms with Gasteiger partial charge in [-0.25, -0.2) is 0 Å². The third kappa shape index (κ3) is 1.78. The van der Waals surface area contributed by atoms with Gasteiger partial charge >= 0.3 is 0 Å². The molecule has 0 aromatic rings. The van der Waals surface area contributed by atoms with Crippen molar-refractivity contribution in [3.63, 3.8) is 0 Å². The highest BCUT2D eigenvalue weighted by Crippen LogP contribution is 2.38. The number of rotatable bonds is 3. The van der Waals surface area contributed by atoms with Crippen molar-refractivity contribution in [3.8, 4) is 0 Å². The quantitative estimate of drug-likeness (QED) is 0.662. The van der Waals surface area contributed by atoms with Gasteiger partial charge in [0.1, 0.15) is 5.78 Å². The van der Waals surface area contributed by atoms with Gasteiger partial charge in [-0.1, -0.05) is 0 Å². The Hall–Kier alpha value is -0.370. The van der Waals surface area contributed by atoms with E-state index in [1.807, 2.05) is 0 Å². The second-order valence-corrected chi connectivity index (χ2v) is 4.78. The van der Waals surface area contributed by atoms with Crippen LogP contribution in [0.1, 0.15) is 39.5 Å². The van der Waals surface area contributed by atoms with E-state index in [1.165, 1.54) is 25.8 Å². The Balaban J connectivity index is 1.91. The first-order valence-corrected chi connectivity index (χ1v) is 5.42. The van der Waals surface area contributed by atoms with Crippen LogP contribution in [0.15, 0.2) is 0 Å². The fraction of sp³-hybridized carbons (Fsp3) is 0.909. The summed E-state index contributed by atoms with van der Waals surface area (Å²) in [5.41, 5.74) is 0. The molecule has 0 N–H and O–H groups in total. The normalized spacial score (nSPS) is 35.2. The minimum absolute atomic E-state index is 0.329. The summed E-state index contributed by atoms with van der Waals surface area (Å²) in [6.45, 7) is 5.14. The summed E-state index contributed by atoms with van der Waals surface area (Å²) in [6.07, 6.45) is 4.92. The number of hydrogen-bond donors (Lipinski definition) is 0. The molecule has 1 aliphatic heterocycles. The largest absolute Gasteiger partial charge is 0.300 e. The van der Waals surface area contributed by atoms with Gasteiger partial charge in [-0.15, -0.1) is 0 Å². The molecule has 13 heavy (non-hydrogen) atoms. The van der Waals surface area contributed by atoms with Crippen LogP contribution in [-0.2, 0) is 4.79 Å². The summed E-state index contributed by atoms with van der Waals surface area (Å²) in [7, 11) is 0. The Labute approximate surface area is 80.3 Å². The molecule has 3 atom stereocenters. The number of hydrogen-bond acceptors (Lipinski definition) is 2. The molecule has 0 amide bonds. The molecule has 2 heteroatoms. The van der Waals surface area contributed by atoms with Crippen LogP contribution in [0.5, 0.6) is 0 Å². The van der Waals surface area contributed by atoms with Crippen molar-refractivity contribution in [2.45, 2.75) is 51.6 Å². The Morgan fingerprint density at radius 3 is 2.77 bits per heavy atom. The van der Waals surface area contributed by atoms with Crippen molar-refractivity contribution in [2.75, 3.05) is 6.54 Å². The molecular weight excluding hydrogens is 162 g/mol. The van der Waals surface area contributed by atoms with Gasteiger partial charge in [0.15, 0.2) is 0 Å². The van der Waals surface area contributed by atoms with E-state index in [0.717, 1.165) is 18.4 Å². The topological polar surface area (TPSA) is 20.3 Å². The first-order valence-electron chi connectivity index (χ1n) is 5.42. The molecule has 0 radical (unpaired) electrons. The number of ketones is 1. The van der Waals surface area contributed by atoms with Crippen LogP contribution in [0.2, 0.25) is 0 Å². The van der Waals surface area contributed by atoms with E-state index in [0.29, 0.717) is 11.8 Å². The molecule has 0 spiro atoms. The summed E-state index contributed by atoms with van der Waals surface area (Å²) < 4.78 is 0. The van der Waals surface area contributed by atoms with Crippen LogP contribution < -0.4 is 0 Å². The molecule has 1 saturated carbocycles. The van der Waals surface area contributed by atoms with Crippen LogP contribution in [-0.4, -0.2) is 29.3 Å². The lowest BCUT2D eigenvalue weighted by atomic mass is 10.1. The molecule has 0 aromatic heterocycles. The highest BCUT2D eigenvalue weighted by atomic mass is 16.1. The van der Waals surface area contributed by atoms with E-state index < -0.39 is 0 Å². The number of fused-ring (bicyclic) bond motifs is 2. The molecule has 2 fully saturated rings. The number of carbonyl (C=O) groups excluding carboxylic acids is 1. The van der Waals surface area contributed by atoms with Gasteiger partial charge in [0, 0.05) is 25.0 Å². The maximum Gasteiger partial charge on any atom is 0.131 e. The number of nitrogens with zero attached hydrogens (tertiary/aromatic N) is 1. The van der Waals surface area contributed by atoms with Gasteiger partial charge in [0.05, 0.1) is 0 Å². The van der Waals surface area contributed by atoms with Crippen LogP contribution in [0.4, 0.5) is 0 Å². The summed E-state index contributed by atoms with van der Waals surface area (Å²) in [4.78, 5) is 13.5. The lowest BCUT2D eigenvalue weighted by Gasteiger charge is -2.32. The molecule has 2 nitrogen and oxygen atoms in total. The van der Waals surface area contributed by atoms with Crippen molar-refractivity contribution in [1.82, 2.24) is 4.90 Å². The molecule has 2 aliphatic rings. The summed E-state index contributed by atoms with van der Waals surface area (Å²) in [5, 5.41) is 0. The third-order valence-corrected chi connectivity index (χ3v) is 3.60. The smallest absolute Gasteiger partial charge is 0.131 e. The number of carbonyl (C=O) groups is 1. The highest BCUT2D eigenvalue weighted by molar-refractivity contribution is 5.76. The van der Waals surface area contributed by atoms with E-state index in [4.69, 9.17) is 0 Å². The maximum atomic E-state index is 11.0. The second-order valence-electron chi connectivity index (χ2n) is 4.78. The molecule has 74 valence electrons. The van der Waals surface area contributed by atoms with E-state index in [2.05, 4.69) is 11.8 Å². The Morgan fingerprint density at radius 2 is 2.31 bits per heavy atom. The van der Waals surface area contributed by atoms with Crippen LogP contribution in [0, 0.1) is 5.92 Å². The second kappa shape index (κ2) is 3.41. The van der Waals surface area contributed by atoms with Crippen molar-refractivity contribution in [2.24, 2.45) is 5.92 Å². The molecule has 2 rings (SSSR count). The van der Waals surface area contributed by atoms with Gasteiger partial charge < -0.3 is 0 Å². The van der Waals surface area contributed by atoms with Gasteiger partial charge in [0.2, 0.25) is 0 Å². The first kappa shape index (κ1) is 9.20.